The van der Waals surface area contributed by atoms with E-state index in [-0.39, 0.29) is 5.56 Å². The van der Waals surface area contributed by atoms with Crippen LogP contribution in [0.2, 0.25) is 0 Å². The molecule has 0 bridgehead atoms. The maximum Gasteiger partial charge on any atom is 0.507 e. The molecule has 0 spiro atoms. The third-order valence-corrected chi connectivity index (χ3v) is 2.36. The van der Waals surface area contributed by atoms with Crippen molar-refractivity contribution in [2.75, 3.05) is 0 Å². The third-order valence-electron chi connectivity index (χ3n) is 2.36. The molecule has 1 aliphatic rings. The minimum atomic E-state index is -4.86. The van der Waals surface area contributed by atoms with Gasteiger partial charge in [0.15, 0.2) is 11.5 Å². The lowest BCUT2D eigenvalue weighted by atomic mass is 10.1. The van der Waals surface area contributed by atoms with Gasteiger partial charge in [0.25, 0.3) is 0 Å². The van der Waals surface area contributed by atoms with Gasteiger partial charge in [-0.3, -0.25) is 0 Å². The van der Waals surface area contributed by atoms with Crippen molar-refractivity contribution in [3.05, 3.63) is 29.3 Å². The highest BCUT2D eigenvalue weighted by Gasteiger charge is 2.66. The Bertz CT molecular complexity index is 655. The minimum Gasteiger partial charge on any atom is -0.421 e. The normalized spacial score (nSPS) is 17.5. The monoisotopic (exact) mass is 284 g/mol. The van der Waals surface area contributed by atoms with Crippen molar-refractivity contribution in [1.82, 2.24) is 0 Å². The van der Waals surface area contributed by atoms with Gasteiger partial charge in [-0.1, -0.05) is 12.1 Å². The van der Waals surface area contributed by atoms with Crippen LogP contribution in [-0.2, 0) is 0 Å². The zero-order valence-corrected chi connectivity index (χ0v) is 9.53. The molecule has 102 valence electrons. The molecule has 2 rings (SSSR count). The molecule has 20 heavy (non-hydrogen) atoms. The second-order valence-corrected chi connectivity index (χ2v) is 3.69. The van der Waals surface area contributed by atoms with Gasteiger partial charge in [0.1, 0.15) is 17.7 Å². The van der Waals surface area contributed by atoms with E-state index in [0.717, 1.165) is 12.1 Å². The van der Waals surface area contributed by atoms with Gasteiger partial charge in [-0.2, -0.15) is 28.1 Å². The number of nitrogens with zero attached hydrogens (tertiary/aromatic N) is 2. The summed E-state index contributed by atoms with van der Waals surface area (Å²) in [4.78, 5) is 0. The van der Waals surface area contributed by atoms with Crippen molar-refractivity contribution in [2.45, 2.75) is 12.2 Å². The molecule has 0 aromatic heterocycles. The molecule has 8 heteroatoms. The van der Waals surface area contributed by atoms with Crippen molar-refractivity contribution in [3.8, 4) is 23.6 Å². The number of alkyl halides is 4. The highest BCUT2D eigenvalue weighted by atomic mass is 19.3. The fourth-order valence-corrected chi connectivity index (χ4v) is 1.47. The van der Waals surface area contributed by atoms with E-state index in [9.17, 15) is 17.6 Å². The van der Waals surface area contributed by atoms with Crippen LogP contribution in [0.5, 0.6) is 11.5 Å². The summed E-state index contributed by atoms with van der Waals surface area (Å²) in [6.07, 6.45) is -8.74. The molecule has 0 fully saturated rings. The summed E-state index contributed by atoms with van der Waals surface area (Å²) in [5.74, 6) is -1.27. The van der Waals surface area contributed by atoms with Crippen molar-refractivity contribution in [3.63, 3.8) is 0 Å². The predicted molar refractivity (Wildman–Crippen MR) is 56.8 cm³/mol. The molecule has 0 N–H and O–H groups in total. The van der Waals surface area contributed by atoms with E-state index < -0.39 is 29.3 Å². The number of ether oxygens (including phenoxy) is 2. The summed E-state index contributed by atoms with van der Waals surface area (Å²) in [5.41, 5.74) is -0.543. The largest absolute Gasteiger partial charge is 0.507 e. The molecule has 0 atom stereocenters. The molecule has 0 saturated heterocycles. The Morgan fingerprint density at radius 1 is 1.05 bits per heavy atom. The van der Waals surface area contributed by atoms with Crippen molar-refractivity contribution >= 4 is 6.08 Å². The summed E-state index contributed by atoms with van der Waals surface area (Å²) in [7, 11) is 0. The first-order chi connectivity index (χ1) is 9.30. The Labute approximate surface area is 110 Å². The fraction of sp³-hybridized carbons (Fsp3) is 0.167. The molecule has 0 saturated carbocycles. The number of fused-ring (bicyclic) bond motifs is 1. The van der Waals surface area contributed by atoms with Gasteiger partial charge in [0.05, 0.1) is 0 Å². The quantitative estimate of drug-likeness (QED) is 0.587. The number of allylic oxidation sites excluding steroid dienone is 1. The molecular formula is C12H4F4N2O2. The van der Waals surface area contributed by atoms with E-state index in [1.165, 1.54) is 24.3 Å². The van der Waals surface area contributed by atoms with Crippen LogP contribution in [0.15, 0.2) is 23.8 Å². The lowest BCUT2D eigenvalue weighted by molar-refractivity contribution is -0.391. The van der Waals surface area contributed by atoms with Gasteiger partial charge in [0.2, 0.25) is 0 Å². The van der Waals surface area contributed by atoms with E-state index in [0.29, 0.717) is 0 Å². The van der Waals surface area contributed by atoms with E-state index in [1.807, 2.05) is 0 Å². The number of halogens is 4. The minimum absolute atomic E-state index is 0.143. The first-order valence-electron chi connectivity index (χ1n) is 5.09. The number of para-hydroxylation sites is 1. The van der Waals surface area contributed by atoms with Gasteiger partial charge < -0.3 is 9.47 Å². The Balaban J connectivity index is 2.56. The molecule has 4 nitrogen and oxygen atoms in total. The average molecular weight is 284 g/mol. The molecule has 0 amide bonds. The van der Waals surface area contributed by atoms with Crippen LogP contribution in [-0.4, -0.2) is 12.2 Å². The van der Waals surface area contributed by atoms with Gasteiger partial charge in [0, 0.05) is 5.56 Å². The second-order valence-electron chi connectivity index (χ2n) is 3.69. The van der Waals surface area contributed by atoms with Gasteiger partial charge in [-0.25, -0.2) is 0 Å². The summed E-state index contributed by atoms with van der Waals surface area (Å²) in [5, 5.41) is 17.2. The zero-order chi connectivity index (χ0) is 15.0. The van der Waals surface area contributed by atoms with E-state index >= 15 is 0 Å². The highest BCUT2D eigenvalue weighted by Crippen LogP contribution is 2.48. The first-order valence-corrected chi connectivity index (χ1v) is 5.09. The smallest absolute Gasteiger partial charge is 0.421 e. The van der Waals surface area contributed by atoms with Crippen LogP contribution in [0.25, 0.3) is 6.08 Å². The number of hydrogen-bond donors (Lipinski definition) is 0. The summed E-state index contributed by atoms with van der Waals surface area (Å²) >= 11 is 0. The van der Waals surface area contributed by atoms with Gasteiger partial charge in [-0.15, -0.1) is 0 Å². The first kappa shape index (κ1) is 13.7. The highest BCUT2D eigenvalue weighted by molar-refractivity contribution is 5.69. The molecule has 1 heterocycles. The van der Waals surface area contributed by atoms with E-state index in [2.05, 4.69) is 9.47 Å². The van der Waals surface area contributed by atoms with Crippen LogP contribution in [0.1, 0.15) is 5.56 Å². The molecule has 1 aliphatic heterocycles. The second kappa shape index (κ2) is 4.42. The third kappa shape index (κ3) is 2.12. The summed E-state index contributed by atoms with van der Waals surface area (Å²) in [6, 6.07) is 6.49. The molecule has 0 radical (unpaired) electrons. The van der Waals surface area contributed by atoms with E-state index in [4.69, 9.17) is 10.5 Å². The van der Waals surface area contributed by atoms with Crippen LogP contribution in [0, 0.1) is 22.7 Å². The maximum atomic E-state index is 13.1. The van der Waals surface area contributed by atoms with Crippen LogP contribution in [0.4, 0.5) is 17.6 Å². The number of nitriles is 2. The average Bonchev–Trinajstić information content (AvgIpc) is 2.37. The number of rotatable bonds is 1. The van der Waals surface area contributed by atoms with Crippen LogP contribution >= 0.6 is 0 Å². The molecule has 1 aromatic rings. The van der Waals surface area contributed by atoms with Gasteiger partial charge in [-0.05, 0) is 12.1 Å². The Hall–Kier alpha value is -2.74. The molecular weight excluding hydrogens is 280 g/mol. The fourth-order valence-electron chi connectivity index (χ4n) is 1.47. The SMILES string of the molecule is N#CC(C#N)=Cc1cccc2c1OC(F)(F)C(F)(F)O2. The molecule has 0 unspecified atom stereocenters. The topological polar surface area (TPSA) is 66.0 Å². The lowest BCUT2D eigenvalue weighted by Gasteiger charge is -2.32. The van der Waals surface area contributed by atoms with Crippen molar-refractivity contribution in [2.24, 2.45) is 0 Å². The summed E-state index contributed by atoms with van der Waals surface area (Å²) in [6.45, 7) is 0. The Kier molecular flexibility index (Phi) is 3.03. The predicted octanol–water partition coefficient (Wildman–Crippen LogP) is 3.07. The van der Waals surface area contributed by atoms with Crippen molar-refractivity contribution in [1.29, 1.82) is 10.5 Å². The van der Waals surface area contributed by atoms with Crippen LogP contribution < -0.4 is 9.47 Å². The summed E-state index contributed by atoms with van der Waals surface area (Å²) < 4.78 is 60.0. The Morgan fingerprint density at radius 2 is 1.65 bits per heavy atom. The van der Waals surface area contributed by atoms with Crippen molar-refractivity contribution < 1.29 is 27.0 Å². The molecule has 1 aromatic carbocycles. The maximum absolute atomic E-state index is 13.1. The Morgan fingerprint density at radius 3 is 2.25 bits per heavy atom. The number of benzene rings is 1. The van der Waals surface area contributed by atoms with E-state index in [1.54, 1.807) is 0 Å². The van der Waals surface area contributed by atoms with Gasteiger partial charge >= 0.3 is 12.2 Å². The lowest BCUT2D eigenvalue weighted by Crippen LogP contribution is -2.52. The zero-order valence-electron chi connectivity index (χ0n) is 9.53. The standard InChI is InChI=1S/C12H4F4N2O2/c13-11(14)12(15,16)20-10-8(4-7(5-17)6-18)2-1-3-9(10)19-11/h1-4H. The molecule has 0 aliphatic carbocycles. The van der Waals surface area contributed by atoms with Crippen LogP contribution in [0.3, 0.4) is 0 Å². The number of hydrogen-bond acceptors (Lipinski definition) is 4.